The van der Waals surface area contributed by atoms with Gasteiger partial charge in [0.2, 0.25) is 0 Å². The summed E-state index contributed by atoms with van der Waals surface area (Å²) in [7, 11) is 2.26. The van der Waals surface area contributed by atoms with E-state index in [0.29, 0.717) is 36.8 Å². The summed E-state index contributed by atoms with van der Waals surface area (Å²) in [6.45, 7) is 4.69. The van der Waals surface area contributed by atoms with Crippen LogP contribution in [-0.4, -0.2) is 72.0 Å². The van der Waals surface area contributed by atoms with Gasteiger partial charge in [0, 0.05) is 19.1 Å². The molecule has 8 unspecified atom stereocenters. The third-order valence-corrected chi connectivity index (χ3v) is 8.08. The van der Waals surface area contributed by atoms with Crippen molar-refractivity contribution in [2.24, 2.45) is 23.7 Å². The van der Waals surface area contributed by atoms with Gasteiger partial charge in [-0.3, -0.25) is 15.0 Å². The third kappa shape index (κ3) is 3.77. The van der Waals surface area contributed by atoms with E-state index < -0.39 is 12.1 Å². The van der Waals surface area contributed by atoms with Gasteiger partial charge in [-0.1, -0.05) is 6.92 Å². The average Bonchev–Trinajstić information content (AvgIpc) is 3.07. The first kappa shape index (κ1) is 19.6. The Labute approximate surface area is 162 Å². The first-order valence-electron chi connectivity index (χ1n) is 11.0. The minimum absolute atomic E-state index is 0.176. The highest BCUT2D eigenvalue weighted by Gasteiger charge is 2.47. The normalized spacial score (nSPS) is 46.9. The van der Waals surface area contributed by atoms with Crippen molar-refractivity contribution in [2.75, 3.05) is 26.7 Å². The Bertz CT molecular complexity index is 548. The molecule has 3 aliphatic heterocycles. The largest absolute Gasteiger partial charge is 0.480 e. The lowest BCUT2D eigenvalue weighted by atomic mass is 9.67. The fourth-order valence-electron chi connectivity index (χ4n) is 6.69. The number of rotatable bonds is 3. The first-order valence-corrected chi connectivity index (χ1v) is 11.0. The van der Waals surface area contributed by atoms with Crippen LogP contribution in [0.15, 0.2) is 0 Å². The topological polar surface area (TPSA) is 55.8 Å². The highest BCUT2D eigenvalue weighted by molar-refractivity contribution is 5.74. The van der Waals surface area contributed by atoms with E-state index in [0.717, 1.165) is 32.4 Å². The lowest BCUT2D eigenvalue weighted by Crippen LogP contribution is -2.56. The molecule has 8 atom stereocenters. The Kier molecular flexibility index (Phi) is 5.77. The molecule has 0 aromatic heterocycles. The van der Waals surface area contributed by atoms with Gasteiger partial charge in [0.15, 0.2) is 0 Å². The summed E-state index contributed by atoms with van der Waals surface area (Å²) in [5.74, 6) is 1.25. The maximum absolute atomic E-state index is 14.0. The van der Waals surface area contributed by atoms with E-state index in [1.165, 1.54) is 19.3 Å². The molecule has 1 aliphatic carbocycles. The van der Waals surface area contributed by atoms with Crippen LogP contribution in [0.1, 0.15) is 51.9 Å². The number of halogens is 1. The molecule has 0 radical (unpaired) electrons. The van der Waals surface area contributed by atoms with Gasteiger partial charge in [-0.25, -0.2) is 4.39 Å². The number of hydrogen-bond acceptors (Lipinski definition) is 4. The highest BCUT2D eigenvalue weighted by Crippen LogP contribution is 2.44. The van der Waals surface area contributed by atoms with Gasteiger partial charge in [-0.15, -0.1) is 0 Å². The monoisotopic (exact) mass is 381 g/mol. The molecule has 0 bridgehead atoms. The summed E-state index contributed by atoms with van der Waals surface area (Å²) >= 11 is 0. The number of carboxylic acid groups (broad SMARTS) is 1. The number of fused-ring (bicyclic) bond motifs is 1. The quantitative estimate of drug-likeness (QED) is 0.787. The molecule has 27 heavy (non-hydrogen) atoms. The molecule has 3 heterocycles. The summed E-state index contributed by atoms with van der Waals surface area (Å²) < 4.78 is 14.0. The molecular weight excluding hydrogens is 345 g/mol. The zero-order chi connectivity index (χ0) is 19.1. The number of aliphatic carboxylic acids is 1. The number of likely N-dealkylation sites (tertiary alicyclic amines) is 1. The lowest BCUT2D eigenvalue weighted by molar-refractivity contribution is -0.143. The van der Waals surface area contributed by atoms with Gasteiger partial charge in [-0.05, 0) is 82.2 Å². The Morgan fingerprint density at radius 1 is 1.15 bits per heavy atom. The van der Waals surface area contributed by atoms with Gasteiger partial charge >= 0.3 is 5.97 Å². The Balaban J connectivity index is 1.49. The Morgan fingerprint density at radius 2 is 1.93 bits per heavy atom. The minimum atomic E-state index is -0.696. The molecular formula is C21H36FN3O2. The standard InChI is InChI=1S/C21H36FN3O2/c1-13-10-14(5-7-17(13)22)20-16(4-3-9-24(20)2)15-6-8-19-23-11-18(21(26)27)25(19)12-15/h13-20,23H,3-12H2,1-2H3,(H,26,27). The zero-order valence-electron chi connectivity index (χ0n) is 16.8. The lowest BCUT2D eigenvalue weighted by Gasteiger charge is -2.51. The number of nitrogens with one attached hydrogen (secondary N) is 1. The number of carboxylic acids is 1. The summed E-state index contributed by atoms with van der Waals surface area (Å²) in [4.78, 5) is 16.4. The molecule has 3 saturated heterocycles. The fourth-order valence-corrected chi connectivity index (χ4v) is 6.69. The van der Waals surface area contributed by atoms with Crippen molar-refractivity contribution in [1.29, 1.82) is 0 Å². The van der Waals surface area contributed by atoms with Crippen LogP contribution >= 0.6 is 0 Å². The predicted molar refractivity (Wildman–Crippen MR) is 103 cm³/mol. The first-order chi connectivity index (χ1) is 13.0. The average molecular weight is 382 g/mol. The molecule has 0 aromatic rings. The van der Waals surface area contributed by atoms with Crippen LogP contribution in [0.4, 0.5) is 4.39 Å². The molecule has 4 fully saturated rings. The molecule has 154 valence electrons. The van der Waals surface area contributed by atoms with Crippen molar-refractivity contribution in [3.05, 3.63) is 0 Å². The molecule has 0 amide bonds. The van der Waals surface area contributed by atoms with Crippen LogP contribution in [0.3, 0.4) is 0 Å². The SMILES string of the molecule is CC1CC(C2C(C3CCC4NCC(C(=O)O)N4C3)CCCN2C)CCC1F. The maximum Gasteiger partial charge on any atom is 0.322 e. The minimum Gasteiger partial charge on any atom is -0.480 e. The number of alkyl halides is 1. The van der Waals surface area contributed by atoms with Gasteiger partial charge in [0.1, 0.15) is 12.2 Å². The number of nitrogens with zero attached hydrogens (tertiary/aromatic N) is 2. The van der Waals surface area contributed by atoms with E-state index in [4.69, 9.17) is 0 Å². The van der Waals surface area contributed by atoms with E-state index in [1.54, 1.807) is 0 Å². The fraction of sp³-hybridized carbons (Fsp3) is 0.952. The number of hydrogen-bond donors (Lipinski definition) is 2. The second kappa shape index (κ2) is 7.96. The molecule has 0 spiro atoms. The van der Waals surface area contributed by atoms with E-state index in [-0.39, 0.29) is 18.1 Å². The summed E-state index contributed by atoms with van der Waals surface area (Å²) in [5, 5.41) is 13.0. The van der Waals surface area contributed by atoms with Gasteiger partial charge < -0.3 is 10.0 Å². The molecule has 6 heteroatoms. The smallest absolute Gasteiger partial charge is 0.322 e. The van der Waals surface area contributed by atoms with Crippen LogP contribution in [0.2, 0.25) is 0 Å². The summed E-state index contributed by atoms with van der Waals surface area (Å²) in [6.07, 6.45) is 7.05. The van der Waals surface area contributed by atoms with Gasteiger partial charge in [0.25, 0.3) is 0 Å². The Hall–Kier alpha value is -0.720. The van der Waals surface area contributed by atoms with E-state index in [2.05, 4.69) is 29.1 Å². The highest BCUT2D eigenvalue weighted by atomic mass is 19.1. The van der Waals surface area contributed by atoms with Crippen molar-refractivity contribution < 1.29 is 14.3 Å². The molecule has 4 rings (SSSR count). The molecule has 5 nitrogen and oxygen atoms in total. The van der Waals surface area contributed by atoms with Crippen LogP contribution < -0.4 is 5.32 Å². The Morgan fingerprint density at radius 3 is 2.67 bits per heavy atom. The van der Waals surface area contributed by atoms with E-state index in [1.807, 2.05) is 0 Å². The van der Waals surface area contributed by atoms with Crippen molar-refractivity contribution in [3.63, 3.8) is 0 Å². The maximum atomic E-state index is 14.0. The van der Waals surface area contributed by atoms with E-state index >= 15 is 0 Å². The molecule has 0 aromatic carbocycles. The van der Waals surface area contributed by atoms with Crippen molar-refractivity contribution in [3.8, 4) is 0 Å². The zero-order valence-corrected chi connectivity index (χ0v) is 16.8. The third-order valence-electron chi connectivity index (χ3n) is 8.08. The van der Waals surface area contributed by atoms with Crippen LogP contribution in [0.5, 0.6) is 0 Å². The molecule has 1 saturated carbocycles. The van der Waals surface area contributed by atoms with E-state index in [9.17, 15) is 14.3 Å². The second-order valence-electron chi connectivity index (χ2n) is 9.66. The summed E-state index contributed by atoms with van der Waals surface area (Å²) in [6, 6.07) is 0.161. The van der Waals surface area contributed by atoms with Crippen molar-refractivity contribution in [1.82, 2.24) is 15.1 Å². The number of piperidine rings is 2. The van der Waals surface area contributed by atoms with Crippen molar-refractivity contribution in [2.45, 2.75) is 76.3 Å². The summed E-state index contributed by atoms with van der Waals surface area (Å²) in [5.41, 5.74) is 0. The van der Waals surface area contributed by atoms with Gasteiger partial charge in [0.05, 0.1) is 6.17 Å². The second-order valence-corrected chi connectivity index (χ2v) is 9.66. The molecule has 2 N–H and O–H groups in total. The predicted octanol–water partition coefficient (Wildman–Crippen LogP) is 2.57. The van der Waals surface area contributed by atoms with Crippen LogP contribution in [0, 0.1) is 23.7 Å². The molecule has 4 aliphatic rings. The van der Waals surface area contributed by atoms with Crippen LogP contribution in [0.25, 0.3) is 0 Å². The van der Waals surface area contributed by atoms with Crippen LogP contribution in [-0.2, 0) is 4.79 Å². The van der Waals surface area contributed by atoms with Crippen molar-refractivity contribution >= 4 is 5.97 Å². The van der Waals surface area contributed by atoms with Gasteiger partial charge in [-0.2, -0.15) is 0 Å². The number of carbonyl (C=O) groups is 1.